The molecule has 0 radical (unpaired) electrons. The Morgan fingerprint density at radius 3 is 2.20 bits per heavy atom. The number of hydrogen-bond acceptors (Lipinski definition) is 4. The third kappa shape index (κ3) is 7.80. The minimum atomic E-state index is 0.316. The third-order valence-electron chi connectivity index (χ3n) is 3.32. The van der Waals surface area contributed by atoms with Gasteiger partial charge < -0.3 is 18.9 Å². The average Bonchev–Trinajstić information content (AvgIpc) is 2.90. The largest absolute Gasteiger partial charge is 0.379 e. The maximum Gasteiger partial charge on any atom is 0.0704 e. The topological polar surface area (TPSA) is 36.9 Å². The molecule has 116 valence electrons. The van der Waals surface area contributed by atoms with E-state index in [4.69, 9.17) is 18.9 Å². The summed E-state index contributed by atoms with van der Waals surface area (Å²) in [5, 5.41) is 0. The zero-order chi connectivity index (χ0) is 14.5. The smallest absolute Gasteiger partial charge is 0.0704 e. The summed E-state index contributed by atoms with van der Waals surface area (Å²) in [7, 11) is 0. The maximum atomic E-state index is 5.87. The van der Waals surface area contributed by atoms with Crippen molar-refractivity contribution in [2.75, 3.05) is 46.2 Å². The molecule has 0 spiro atoms. The Morgan fingerprint density at radius 1 is 0.850 bits per heavy atom. The van der Waals surface area contributed by atoms with Gasteiger partial charge in [-0.05, 0) is 12.8 Å². The molecule has 0 aromatic carbocycles. The molecule has 1 aliphatic rings. The number of hydrogen-bond donors (Lipinski definition) is 0. The van der Waals surface area contributed by atoms with Gasteiger partial charge in [-0.15, -0.1) is 13.2 Å². The van der Waals surface area contributed by atoms with Gasteiger partial charge in [-0.25, -0.2) is 0 Å². The lowest BCUT2D eigenvalue weighted by Gasteiger charge is -2.20. The first kappa shape index (κ1) is 17.4. The summed E-state index contributed by atoms with van der Waals surface area (Å²) in [5.74, 6) is 0.508. The normalized spacial score (nSPS) is 22.0. The second kappa shape index (κ2) is 12.1. The van der Waals surface area contributed by atoms with Crippen molar-refractivity contribution in [2.45, 2.75) is 25.4 Å². The molecule has 2 atom stereocenters. The highest BCUT2D eigenvalue weighted by atomic mass is 16.5. The van der Waals surface area contributed by atoms with Crippen molar-refractivity contribution < 1.29 is 18.9 Å². The Morgan fingerprint density at radius 2 is 1.50 bits per heavy atom. The van der Waals surface area contributed by atoms with Gasteiger partial charge in [0.2, 0.25) is 0 Å². The summed E-state index contributed by atoms with van der Waals surface area (Å²) in [6.07, 6.45) is 7.35. The Kier molecular flexibility index (Phi) is 10.5. The monoisotopic (exact) mass is 284 g/mol. The van der Waals surface area contributed by atoms with Gasteiger partial charge in [-0.3, -0.25) is 0 Å². The van der Waals surface area contributed by atoms with Gasteiger partial charge in [0, 0.05) is 5.92 Å². The predicted octanol–water partition coefficient (Wildman–Crippen LogP) is 2.59. The van der Waals surface area contributed by atoms with Crippen LogP contribution in [0.2, 0.25) is 0 Å². The third-order valence-corrected chi connectivity index (χ3v) is 3.32. The molecule has 20 heavy (non-hydrogen) atoms. The summed E-state index contributed by atoms with van der Waals surface area (Å²) < 4.78 is 22.1. The standard InChI is InChI=1S/C16H28O4/c1-3-8-17-10-11-19-14-15-6-5-7-16(15)20-13-12-18-9-4-2/h3-4,15-16H,1-2,5-14H2. The van der Waals surface area contributed by atoms with Crippen molar-refractivity contribution in [3.63, 3.8) is 0 Å². The molecule has 4 nitrogen and oxygen atoms in total. The van der Waals surface area contributed by atoms with E-state index in [0.717, 1.165) is 13.0 Å². The molecular formula is C16H28O4. The second-order valence-electron chi connectivity index (χ2n) is 4.90. The van der Waals surface area contributed by atoms with Crippen LogP contribution in [0, 0.1) is 5.92 Å². The zero-order valence-corrected chi connectivity index (χ0v) is 12.4. The lowest BCUT2D eigenvalue weighted by molar-refractivity contribution is -0.0339. The van der Waals surface area contributed by atoms with Crippen LogP contribution < -0.4 is 0 Å². The predicted molar refractivity (Wildman–Crippen MR) is 79.9 cm³/mol. The molecule has 0 aromatic rings. The number of ether oxygens (including phenoxy) is 4. The van der Waals surface area contributed by atoms with E-state index in [1.165, 1.54) is 12.8 Å². The van der Waals surface area contributed by atoms with Crippen molar-refractivity contribution in [3.05, 3.63) is 25.3 Å². The van der Waals surface area contributed by atoms with Crippen LogP contribution in [0.3, 0.4) is 0 Å². The molecule has 0 heterocycles. The molecule has 0 N–H and O–H groups in total. The molecule has 0 amide bonds. The van der Waals surface area contributed by atoms with Crippen LogP contribution in [-0.2, 0) is 18.9 Å². The van der Waals surface area contributed by atoms with Crippen molar-refractivity contribution >= 4 is 0 Å². The summed E-state index contributed by atoms with van der Waals surface area (Å²) in [5.41, 5.74) is 0. The van der Waals surface area contributed by atoms with E-state index in [2.05, 4.69) is 13.2 Å². The molecular weight excluding hydrogens is 256 g/mol. The van der Waals surface area contributed by atoms with Gasteiger partial charge in [-0.1, -0.05) is 18.6 Å². The molecule has 2 unspecified atom stereocenters. The molecule has 1 aliphatic carbocycles. The first-order valence-electron chi connectivity index (χ1n) is 7.45. The van der Waals surface area contributed by atoms with Crippen LogP contribution in [0.4, 0.5) is 0 Å². The van der Waals surface area contributed by atoms with Gasteiger partial charge in [0.15, 0.2) is 0 Å². The summed E-state index contributed by atoms with van der Waals surface area (Å²) in [6.45, 7) is 11.7. The first-order chi connectivity index (χ1) is 9.88. The van der Waals surface area contributed by atoms with Gasteiger partial charge >= 0.3 is 0 Å². The zero-order valence-electron chi connectivity index (χ0n) is 12.4. The van der Waals surface area contributed by atoms with E-state index in [-0.39, 0.29) is 0 Å². The van der Waals surface area contributed by atoms with Gasteiger partial charge in [-0.2, -0.15) is 0 Å². The highest BCUT2D eigenvalue weighted by Gasteiger charge is 2.27. The van der Waals surface area contributed by atoms with Crippen molar-refractivity contribution in [1.82, 2.24) is 0 Å². The highest BCUT2D eigenvalue weighted by molar-refractivity contribution is 4.78. The first-order valence-corrected chi connectivity index (χ1v) is 7.45. The fourth-order valence-electron chi connectivity index (χ4n) is 2.36. The van der Waals surface area contributed by atoms with Gasteiger partial charge in [0.25, 0.3) is 0 Å². The number of rotatable bonds is 13. The lowest BCUT2D eigenvalue weighted by atomic mass is 10.1. The average molecular weight is 284 g/mol. The van der Waals surface area contributed by atoms with E-state index >= 15 is 0 Å². The van der Waals surface area contributed by atoms with Crippen molar-refractivity contribution in [3.8, 4) is 0 Å². The highest BCUT2D eigenvalue weighted by Crippen LogP contribution is 2.28. The van der Waals surface area contributed by atoms with Crippen molar-refractivity contribution in [2.24, 2.45) is 5.92 Å². The fourth-order valence-corrected chi connectivity index (χ4v) is 2.36. The molecule has 1 fully saturated rings. The molecule has 0 bridgehead atoms. The summed E-state index contributed by atoms with van der Waals surface area (Å²) in [4.78, 5) is 0. The lowest BCUT2D eigenvalue weighted by Crippen LogP contribution is -2.25. The minimum absolute atomic E-state index is 0.316. The van der Waals surface area contributed by atoms with Gasteiger partial charge in [0.05, 0.1) is 52.4 Å². The summed E-state index contributed by atoms with van der Waals surface area (Å²) >= 11 is 0. The Labute approximate surface area is 122 Å². The molecule has 0 saturated heterocycles. The second-order valence-corrected chi connectivity index (χ2v) is 4.90. The molecule has 1 saturated carbocycles. The Hall–Kier alpha value is -0.680. The van der Waals surface area contributed by atoms with E-state index in [1.54, 1.807) is 12.2 Å². The SMILES string of the molecule is C=CCOCCOCC1CCCC1OCCOCC=C. The van der Waals surface area contributed by atoms with Gasteiger partial charge in [0.1, 0.15) is 0 Å². The van der Waals surface area contributed by atoms with E-state index < -0.39 is 0 Å². The van der Waals surface area contributed by atoms with E-state index in [1.807, 2.05) is 0 Å². The molecule has 4 heteroatoms. The molecule has 0 aliphatic heterocycles. The van der Waals surface area contributed by atoms with E-state index in [9.17, 15) is 0 Å². The Bertz CT molecular complexity index is 255. The quantitative estimate of drug-likeness (QED) is 0.385. The van der Waals surface area contributed by atoms with Crippen LogP contribution in [0.15, 0.2) is 25.3 Å². The molecule has 1 rings (SSSR count). The van der Waals surface area contributed by atoms with Crippen LogP contribution in [0.5, 0.6) is 0 Å². The maximum absolute atomic E-state index is 5.87. The minimum Gasteiger partial charge on any atom is -0.379 e. The van der Waals surface area contributed by atoms with Crippen LogP contribution >= 0.6 is 0 Å². The molecule has 0 aromatic heterocycles. The fraction of sp³-hybridized carbons (Fsp3) is 0.750. The van der Waals surface area contributed by atoms with E-state index in [0.29, 0.717) is 51.7 Å². The van der Waals surface area contributed by atoms with Crippen LogP contribution in [-0.4, -0.2) is 52.4 Å². The van der Waals surface area contributed by atoms with Crippen LogP contribution in [0.25, 0.3) is 0 Å². The van der Waals surface area contributed by atoms with Crippen molar-refractivity contribution in [1.29, 1.82) is 0 Å². The Balaban J connectivity index is 2.02. The van der Waals surface area contributed by atoms with Crippen LogP contribution in [0.1, 0.15) is 19.3 Å². The summed E-state index contributed by atoms with van der Waals surface area (Å²) in [6, 6.07) is 0.